The van der Waals surface area contributed by atoms with Gasteiger partial charge in [-0.1, -0.05) is 25.3 Å². The van der Waals surface area contributed by atoms with Crippen molar-refractivity contribution in [3.63, 3.8) is 0 Å². The standard InChI is InChI=1S/C14H23N3O/c1-2-18-14(8-4-3-5-9-14)13(17-15)12-7-6-10-16-11-12/h6-7,10-11,13,17H,2-5,8-9,15H2,1H3. The van der Waals surface area contributed by atoms with E-state index < -0.39 is 0 Å². The molecule has 0 saturated heterocycles. The molecule has 3 N–H and O–H groups in total. The molecule has 4 heteroatoms. The normalized spacial score (nSPS) is 20.6. The molecule has 1 aromatic heterocycles. The van der Waals surface area contributed by atoms with E-state index in [0.29, 0.717) is 0 Å². The highest BCUT2D eigenvalue weighted by molar-refractivity contribution is 5.19. The van der Waals surface area contributed by atoms with Crippen molar-refractivity contribution in [3.8, 4) is 0 Å². The molecule has 0 radical (unpaired) electrons. The first kappa shape index (κ1) is 13.5. The van der Waals surface area contributed by atoms with Crippen LogP contribution in [0.3, 0.4) is 0 Å². The summed E-state index contributed by atoms with van der Waals surface area (Å²) in [5, 5.41) is 0. The van der Waals surface area contributed by atoms with E-state index in [9.17, 15) is 0 Å². The third-order valence-corrected chi connectivity index (χ3v) is 3.84. The Kier molecular flexibility index (Phi) is 4.69. The van der Waals surface area contributed by atoms with Gasteiger partial charge in [-0.05, 0) is 31.4 Å². The Hall–Kier alpha value is -0.970. The molecular formula is C14H23N3O. The fraction of sp³-hybridized carbons (Fsp3) is 0.643. The van der Waals surface area contributed by atoms with E-state index in [1.807, 2.05) is 19.2 Å². The molecule has 0 aromatic carbocycles. The van der Waals surface area contributed by atoms with Gasteiger partial charge in [0.2, 0.25) is 0 Å². The van der Waals surface area contributed by atoms with Crippen LogP contribution in [0.25, 0.3) is 0 Å². The van der Waals surface area contributed by atoms with Crippen molar-refractivity contribution in [2.24, 2.45) is 5.84 Å². The van der Waals surface area contributed by atoms with Gasteiger partial charge >= 0.3 is 0 Å². The van der Waals surface area contributed by atoms with Gasteiger partial charge in [0.05, 0.1) is 11.6 Å². The molecular weight excluding hydrogens is 226 g/mol. The van der Waals surface area contributed by atoms with Crippen LogP contribution in [-0.4, -0.2) is 17.2 Å². The molecule has 100 valence electrons. The first-order valence-electron chi connectivity index (χ1n) is 6.82. The molecule has 1 saturated carbocycles. The number of ether oxygens (including phenoxy) is 1. The van der Waals surface area contributed by atoms with E-state index in [2.05, 4.69) is 16.5 Å². The monoisotopic (exact) mass is 249 g/mol. The minimum absolute atomic E-state index is 0.0199. The van der Waals surface area contributed by atoms with Gasteiger partial charge in [0.25, 0.3) is 0 Å². The van der Waals surface area contributed by atoms with Crippen molar-refractivity contribution in [3.05, 3.63) is 30.1 Å². The summed E-state index contributed by atoms with van der Waals surface area (Å²) in [5.41, 5.74) is 3.88. The van der Waals surface area contributed by atoms with E-state index in [1.54, 1.807) is 6.20 Å². The number of hydrazine groups is 1. The number of aromatic nitrogens is 1. The summed E-state index contributed by atoms with van der Waals surface area (Å²) in [4.78, 5) is 4.19. The molecule has 1 aromatic rings. The molecule has 1 unspecified atom stereocenters. The Bertz CT molecular complexity index is 344. The lowest BCUT2D eigenvalue weighted by molar-refractivity contribution is -0.0914. The zero-order valence-electron chi connectivity index (χ0n) is 11.1. The van der Waals surface area contributed by atoms with Crippen LogP contribution in [0.15, 0.2) is 24.5 Å². The van der Waals surface area contributed by atoms with Crippen molar-refractivity contribution >= 4 is 0 Å². The highest BCUT2D eigenvalue weighted by atomic mass is 16.5. The lowest BCUT2D eigenvalue weighted by Gasteiger charge is -2.43. The Labute approximate surface area is 109 Å². The second kappa shape index (κ2) is 6.27. The first-order valence-corrected chi connectivity index (χ1v) is 6.82. The van der Waals surface area contributed by atoms with Gasteiger partial charge < -0.3 is 4.74 Å². The molecule has 1 atom stereocenters. The predicted molar refractivity (Wildman–Crippen MR) is 71.7 cm³/mol. The summed E-state index contributed by atoms with van der Waals surface area (Å²) < 4.78 is 6.11. The van der Waals surface area contributed by atoms with Crippen molar-refractivity contribution in [1.82, 2.24) is 10.4 Å². The van der Waals surface area contributed by atoms with Crippen LogP contribution in [0, 0.1) is 0 Å². The van der Waals surface area contributed by atoms with E-state index in [4.69, 9.17) is 10.6 Å². The van der Waals surface area contributed by atoms with E-state index >= 15 is 0 Å². The van der Waals surface area contributed by atoms with Crippen LogP contribution in [0.5, 0.6) is 0 Å². The average molecular weight is 249 g/mol. The van der Waals surface area contributed by atoms with Crippen LogP contribution < -0.4 is 11.3 Å². The topological polar surface area (TPSA) is 60.2 Å². The van der Waals surface area contributed by atoms with Crippen LogP contribution in [-0.2, 0) is 4.74 Å². The van der Waals surface area contributed by atoms with Gasteiger partial charge in [0, 0.05) is 19.0 Å². The number of pyridine rings is 1. The molecule has 0 aliphatic heterocycles. The second-order valence-corrected chi connectivity index (χ2v) is 4.94. The number of hydrogen-bond acceptors (Lipinski definition) is 4. The molecule has 1 fully saturated rings. The summed E-state index contributed by atoms with van der Waals surface area (Å²) in [7, 11) is 0. The summed E-state index contributed by atoms with van der Waals surface area (Å²) in [6, 6.07) is 4.03. The lowest BCUT2D eigenvalue weighted by atomic mass is 9.77. The van der Waals surface area contributed by atoms with Crippen LogP contribution in [0.4, 0.5) is 0 Å². The zero-order chi connectivity index (χ0) is 12.8. The molecule has 4 nitrogen and oxygen atoms in total. The number of nitrogens with one attached hydrogen (secondary N) is 1. The largest absolute Gasteiger partial charge is 0.373 e. The Morgan fingerprint density at radius 3 is 2.78 bits per heavy atom. The van der Waals surface area contributed by atoms with Crippen molar-refractivity contribution in [2.75, 3.05) is 6.61 Å². The molecule has 18 heavy (non-hydrogen) atoms. The Morgan fingerprint density at radius 1 is 1.44 bits per heavy atom. The van der Waals surface area contributed by atoms with Crippen molar-refractivity contribution in [2.45, 2.75) is 50.7 Å². The van der Waals surface area contributed by atoms with E-state index in [1.165, 1.54) is 19.3 Å². The first-order chi connectivity index (χ1) is 8.82. The van der Waals surface area contributed by atoms with Crippen molar-refractivity contribution < 1.29 is 4.74 Å². The van der Waals surface area contributed by atoms with Gasteiger partial charge in [-0.25, -0.2) is 0 Å². The number of nitrogens with two attached hydrogens (primary N) is 1. The molecule has 2 rings (SSSR count). The maximum atomic E-state index is 6.11. The molecule has 1 heterocycles. The fourth-order valence-corrected chi connectivity index (χ4v) is 3.05. The number of nitrogens with zero attached hydrogens (tertiary/aromatic N) is 1. The van der Waals surface area contributed by atoms with Crippen LogP contribution in [0.2, 0.25) is 0 Å². The highest BCUT2D eigenvalue weighted by Crippen LogP contribution is 2.40. The summed E-state index contributed by atoms with van der Waals surface area (Å²) in [5.74, 6) is 5.79. The minimum atomic E-state index is -0.176. The average Bonchev–Trinajstić information content (AvgIpc) is 2.42. The van der Waals surface area contributed by atoms with Gasteiger partial charge in [0.15, 0.2) is 0 Å². The molecule has 0 spiro atoms. The third kappa shape index (κ3) is 2.71. The molecule has 1 aliphatic rings. The lowest BCUT2D eigenvalue weighted by Crippen LogP contribution is -2.49. The van der Waals surface area contributed by atoms with Crippen LogP contribution >= 0.6 is 0 Å². The SMILES string of the molecule is CCOC1(C(NN)c2cccnc2)CCCCC1. The minimum Gasteiger partial charge on any atom is -0.373 e. The van der Waals surface area contributed by atoms with Gasteiger partial charge in [-0.15, -0.1) is 0 Å². The zero-order valence-corrected chi connectivity index (χ0v) is 11.1. The molecule has 0 amide bonds. The molecule has 0 bridgehead atoms. The van der Waals surface area contributed by atoms with Crippen LogP contribution in [0.1, 0.15) is 50.6 Å². The maximum Gasteiger partial charge on any atom is 0.0889 e. The van der Waals surface area contributed by atoms with Gasteiger partial charge in [-0.3, -0.25) is 16.3 Å². The van der Waals surface area contributed by atoms with E-state index in [-0.39, 0.29) is 11.6 Å². The third-order valence-electron chi connectivity index (χ3n) is 3.84. The number of rotatable bonds is 5. The smallest absolute Gasteiger partial charge is 0.0889 e. The fourth-order valence-electron chi connectivity index (χ4n) is 3.05. The summed E-state index contributed by atoms with van der Waals surface area (Å²) in [6.45, 7) is 2.77. The van der Waals surface area contributed by atoms with Crippen molar-refractivity contribution in [1.29, 1.82) is 0 Å². The molecule has 1 aliphatic carbocycles. The summed E-state index contributed by atoms with van der Waals surface area (Å²) in [6.07, 6.45) is 9.48. The van der Waals surface area contributed by atoms with Gasteiger partial charge in [0.1, 0.15) is 0 Å². The van der Waals surface area contributed by atoms with E-state index in [0.717, 1.165) is 25.0 Å². The highest BCUT2D eigenvalue weighted by Gasteiger charge is 2.41. The summed E-state index contributed by atoms with van der Waals surface area (Å²) >= 11 is 0. The second-order valence-electron chi connectivity index (χ2n) is 4.94. The predicted octanol–water partition coefficient (Wildman–Crippen LogP) is 2.33. The Morgan fingerprint density at radius 2 is 2.22 bits per heavy atom. The Balaban J connectivity index is 2.27. The maximum absolute atomic E-state index is 6.11. The van der Waals surface area contributed by atoms with Gasteiger partial charge in [-0.2, -0.15) is 0 Å². The number of hydrogen-bond donors (Lipinski definition) is 2. The quantitative estimate of drug-likeness (QED) is 0.621.